The SMILES string of the molecule is COC(=O)Cn1c(=NC(=O)Cc2ccc(C)c(C)c2)sc2cc(S(C)(=O)=O)ccc21. The van der Waals surface area contributed by atoms with Crippen molar-refractivity contribution in [1.82, 2.24) is 4.57 Å². The molecule has 30 heavy (non-hydrogen) atoms. The molecule has 0 spiro atoms. The molecule has 1 aromatic heterocycles. The third-order valence-corrected chi connectivity index (χ3v) is 6.90. The van der Waals surface area contributed by atoms with Crippen molar-refractivity contribution in [2.24, 2.45) is 4.99 Å². The smallest absolute Gasteiger partial charge is 0.325 e. The van der Waals surface area contributed by atoms with E-state index in [-0.39, 0.29) is 23.8 Å². The number of carbonyl (C=O) groups excluding carboxylic acids is 2. The molecule has 158 valence electrons. The van der Waals surface area contributed by atoms with Gasteiger partial charge in [0.1, 0.15) is 6.54 Å². The van der Waals surface area contributed by atoms with Crippen molar-refractivity contribution in [3.63, 3.8) is 0 Å². The summed E-state index contributed by atoms with van der Waals surface area (Å²) in [6.45, 7) is 3.85. The van der Waals surface area contributed by atoms with Gasteiger partial charge in [-0.2, -0.15) is 4.99 Å². The van der Waals surface area contributed by atoms with Crippen molar-refractivity contribution in [2.75, 3.05) is 13.4 Å². The third-order valence-electron chi connectivity index (χ3n) is 4.74. The molecule has 3 aromatic rings. The van der Waals surface area contributed by atoms with Crippen LogP contribution in [0.2, 0.25) is 0 Å². The van der Waals surface area contributed by atoms with Crippen LogP contribution in [0.3, 0.4) is 0 Å². The Morgan fingerprint density at radius 1 is 1.10 bits per heavy atom. The predicted molar refractivity (Wildman–Crippen MR) is 115 cm³/mol. The Labute approximate surface area is 178 Å². The van der Waals surface area contributed by atoms with Gasteiger partial charge in [-0.05, 0) is 48.7 Å². The number of esters is 1. The van der Waals surface area contributed by atoms with Crippen LogP contribution in [0, 0.1) is 13.8 Å². The van der Waals surface area contributed by atoms with Crippen molar-refractivity contribution in [3.8, 4) is 0 Å². The van der Waals surface area contributed by atoms with Crippen molar-refractivity contribution in [2.45, 2.75) is 31.7 Å². The van der Waals surface area contributed by atoms with Gasteiger partial charge in [0.05, 0.1) is 28.6 Å². The second-order valence-electron chi connectivity index (χ2n) is 7.05. The predicted octanol–water partition coefficient (Wildman–Crippen LogP) is 2.57. The molecule has 1 amide bonds. The molecule has 0 aliphatic carbocycles. The van der Waals surface area contributed by atoms with Gasteiger partial charge in [-0.1, -0.05) is 29.5 Å². The highest BCUT2D eigenvalue weighted by Gasteiger charge is 2.15. The van der Waals surface area contributed by atoms with Crippen molar-refractivity contribution < 1.29 is 22.7 Å². The molecule has 0 radical (unpaired) electrons. The molecule has 0 fully saturated rings. The minimum absolute atomic E-state index is 0.127. The zero-order valence-electron chi connectivity index (χ0n) is 17.1. The molecular formula is C21H22N2O5S2. The number of aryl methyl sites for hydroxylation is 2. The number of hydrogen-bond donors (Lipinski definition) is 0. The molecule has 0 saturated carbocycles. The summed E-state index contributed by atoms with van der Waals surface area (Å²) in [5, 5.41) is 0. The van der Waals surface area contributed by atoms with E-state index in [1.807, 2.05) is 32.0 Å². The van der Waals surface area contributed by atoms with E-state index >= 15 is 0 Å². The molecule has 3 rings (SSSR count). The summed E-state index contributed by atoms with van der Waals surface area (Å²) in [5.41, 5.74) is 3.70. The number of aromatic nitrogens is 1. The van der Waals surface area contributed by atoms with Crippen molar-refractivity contribution >= 4 is 43.3 Å². The van der Waals surface area contributed by atoms with Gasteiger partial charge in [-0.15, -0.1) is 0 Å². The van der Waals surface area contributed by atoms with Gasteiger partial charge in [-0.3, -0.25) is 9.59 Å². The molecule has 0 aliphatic heterocycles. The molecule has 1 heterocycles. The fraction of sp³-hybridized carbons (Fsp3) is 0.286. The third kappa shape index (κ3) is 4.85. The molecule has 7 nitrogen and oxygen atoms in total. The number of rotatable bonds is 5. The van der Waals surface area contributed by atoms with Crippen LogP contribution in [0.4, 0.5) is 0 Å². The topological polar surface area (TPSA) is 94.8 Å². The summed E-state index contributed by atoms with van der Waals surface area (Å²) in [4.78, 5) is 29.2. The lowest BCUT2D eigenvalue weighted by Gasteiger charge is -2.05. The monoisotopic (exact) mass is 446 g/mol. The van der Waals surface area contributed by atoms with Crippen LogP contribution in [0.1, 0.15) is 16.7 Å². The Morgan fingerprint density at radius 2 is 1.83 bits per heavy atom. The highest BCUT2D eigenvalue weighted by Crippen LogP contribution is 2.22. The Bertz CT molecular complexity index is 1320. The summed E-state index contributed by atoms with van der Waals surface area (Å²) in [6.07, 6.45) is 1.25. The van der Waals surface area contributed by atoms with Gasteiger partial charge in [0.2, 0.25) is 0 Å². The molecule has 0 unspecified atom stereocenters. The minimum Gasteiger partial charge on any atom is -0.468 e. The second kappa shape index (κ2) is 8.53. The number of carbonyl (C=O) groups is 2. The Hall–Kier alpha value is -2.78. The molecule has 0 aliphatic rings. The van der Waals surface area contributed by atoms with E-state index in [1.165, 1.54) is 19.2 Å². The van der Waals surface area contributed by atoms with Gasteiger partial charge >= 0.3 is 5.97 Å². The summed E-state index contributed by atoms with van der Waals surface area (Å²) in [5.74, 6) is -0.850. The highest BCUT2D eigenvalue weighted by molar-refractivity contribution is 7.90. The lowest BCUT2D eigenvalue weighted by molar-refractivity contribution is -0.141. The summed E-state index contributed by atoms with van der Waals surface area (Å²) in [6, 6.07) is 10.4. The number of ether oxygens (including phenoxy) is 1. The van der Waals surface area contributed by atoms with E-state index in [9.17, 15) is 18.0 Å². The Morgan fingerprint density at radius 3 is 2.47 bits per heavy atom. The van der Waals surface area contributed by atoms with Crippen LogP contribution in [-0.4, -0.2) is 38.2 Å². The maximum absolute atomic E-state index is 12.6. The molecule has 0 N–H and O–H groups in total. The first-order valence-electron chi connectivity index (χ1n) is 9.12. The minimum atomic E-state index is -3.39. The molecule has 0 bridgehead atoms. The van der Waals surface area contributed by atoms with Crippen LogP contribution in [-0.2, 0) is 37.1 Å². The summed E-state index contributed by atoms with van der Waals surface area (Å²) < 4.78 is 30.7. The number of fused-ring (bicyclic) bond motifs is 1. The highest BCUT2D eigenvalue weighted by atomic mass is 32.2. The van der Waals surface area contributed by atoms with Crippen molar-refractivity contribution in [1.29, 1.82) is 0 Å². The first kappa shape index (κ1) is 21.9. The molecule has 0 saturated heterocycles. The number of sulfone groups is 1. The first-order chi connectivity index (χ1) is 14.1. The van der Waals surface area contributed by atoms with E-state index in [0.717, 1.165) is 34.3 Å². The lowest BCUT2D eigenvalue weighted by atomic mass is 10.0. The maximum Gasteiger partial charge on any atom is 0.325 e. The molecule has 9 heteroatoms. The van der Waals surface area contributed by atoms with Gasteiger partial charge in [0, 0.05) is 6.26 Å². The van der Waals surface area contributed by atoms with Gasteiger partial charge in [-0.25, -0.2) is 8.42 Å². The number of methoxy groups -OCH3 is 1. The van der Waals surface area contributed by atoms with E-state index in [1.54, 1.807) is 10.6 Å². The number of nitrogens with zero attached hydrogens (tertiary/aromatic N) is 2. The van der Waals surface area contributed by atoms with Gasteiger partial charge < -0.3 is 9.30 Å². The van der Waals surface area contributed by atoms with Crippen LogP contribution in [0.25, 0.3) is 10.2 Å². The largest absolute Gasteiger partial charge is 0.468 e. The van der Waals surface area contributed by atoms with E-state index in [4.69, 9.17) is 4.74 Å². The number of benzene rings is 2. The Kier molecular flexibility index (Phi) is 6.23. The van der Waals surface area contributed by atoms with E-state index < -0.39 is 15.8 Å². The first-order valence-corrected chi connectivity index (χ1v) is 11.8. The standard InChI is InChI=1S/C21H22N2O5S2/c1-13-5-6-15(9-14(13)2)10-19(24)22-21-23(12-20(25)28-3)17-8-7-16(30(4,26)27)11-18(17)29-21/h5-9,11H,10,12H2,1-4H3. The van der Waals surface area contributed by atoms with Crippen LogP contribution < -0.4 is 4.80 Å². The molecule has 2 aromatic carbocycles. The zero-order valence-corrected chi connectivity index (χ0v) is 18.8. The number of amides is 1. The van der Waals surface area contributed by atoms with Crippen molar-refractivity contribution in [3.05, 3.63) is 57.9 Å². The zero-order chi connectivity index (χ0) is 22.1. The number of hydrogen-bond acceptors (Lipinski definition) is 6. The fourth-order valence-electron chi connectivity index (χ4n) is 2.95. The van der Waals surface area contributed by atoms with Gasteiger partial charge in [0.15, 0.2) is 14.6 Å². The summed E-state index contributed by atoms with van der Waals surface area (Å²) >= 11 is 1.15. The fourth-order valence-corrected chi connectivity index (χ4v) is 4.76. The normalized spacial score (nSPS) is 12.3. The lowest BCUT2D eigenvalue weighted by Crippen LogP contribution is -2.22. The van der Waals surface area contributed by atoms with E-state index in [0.29, 0.717) is 15.0 Å². The van der Waals surface area contributed by atoms with Crippen LogP contribution in [0.15, 0.2) is 46.3 Å². The average molecular weight is 447 g/mol. The maximum atomic E-state index is 12.6. The molecule has 0 atom stereocenters. The quantitative estimate of drug-likeness (QED) is 0.562. The number of thiazole rings is 1. The van der Waals surface area contributed by atoms with Gasteiger partial charge in [0.25, 0.3) is 5.91 Å². The molecular weight excluding hydrogens is 424 g/mol. The average Bonchev–Trinajstić information content (AvgIpc) is 3.00. The van der Waals surface area contributed by atoms with E-state index in [2.05, 4.69) is 4.99 Å². The summed E-state index contributed by atoms with van der Waals surface area (Å²) in [7, 11) is -2.11. The van der Waals surface area contributed by atoms with Crippen LogP contribution in [0.5, 0.6) is 0 Å². The van der Waals surface area contributed by atoms with Crippen LogP contribution >= 0.6 is 11.3 Å². The Balaban J connectivity index is 2.07. The second-order valence-corrected chi connectivity index (χ2v) is 10.1.